The van der Waals surface area contributed by atoms with Crippen LogP contribution in [0.25, 0.3) is 0 Å². The zero-order chi connectivity index (χ0) is 14.0. The smallest absolute Gasteiger partial charge is 0.0897 e. The van der Waals surface area contributed by atoms with Crippen LogP contribution in [0.1, 0.15) is 39.0 Å². The molecule has 5 nitrogen and oxygen atoms in total. The molecule has 1 atom stereocenters. The Hall–Kier alpha value is -0.200. The quantitative estimate of drug-likeness (QED) is 0.457. The molecule has 3 N–H and O–H groups in total. The zero-order valence-corrected chi connectivity index (χ0v) is 12.1. The molecule has 0 amide bonds. The van der Waals surface area contributed by atoms with Crippen LogP contribution in [0.3, 0.4) is 0 Å². The molecule has 0 bridgehead atoms. The highest BCUT2D eigenvalue weighted by Gasteiger charge is 2.35. The predicted octanol–water partition coefficient (Wildman–Crippen LogP) is 0.685. The Bertz CT molecular complexity index is 216. The number of unbranched alkanes of at least 4 members (excludes halogenated alkanes) is 1. The fourth-order valence-corrected chi connectivity index (χ4v) is 2.07. The van der Waals surface area contributed by atoms with Crippen LogP contribution in [0.5, 0.6) is 0 Å². The molecule has 19 heavy (non-hydrogen) atoms. The summed E-state index contributed by atoms with van der Waals surface area (Å²) in [5.74, 6) is 0. The molecule has 0 heterocycles. The lowest BCUT2D eigenvalue weighted by atomic mass is 9.77. The summed E-state index contributed by atoms with van der Waals surface area (Å²) in [6, 6.07) is 0. The highest BCUT2D eigenvalue weighted by atomic mass is 16.5. The zero-order valence-electron chi connectivity index (χ0n) is 12.1. The Labute approximate surface area is 116 Å². The van der Waals surface area contributed by atoms with E-state index >= 15 is 0 Å². The van der Waals surface area contributed by atoms with Gasteiger partial charge in [-0.15, -0.1) is 0 Å². The van der Waals surface area contributed by atoms with Crippen LogP contribution in [-0.4, -0.2) is 61.4 Å². The van der Waals surface area contributed by atoms with E-state index in [9.17, 15) is 10.2 Å². The number of β-amino-alcohol motifs (C(OH)–C–C–N with tert-alkyl or cyclic N) is 1. The minimum atomic E-state index is -0.528. The lowest BCUT2D eigenvalue weighted by Gasteiger charge is -2.41. The van der Waals surface area contributed by atoms with E-state index in [0.29, 0.717) is 26.4 Å². The molecular weight excluding hydrogens is 246 g/mol. The van der Waals surface area contributed by atoms with Crippen LogP contribution in [0.15, 0.2) is 0 Å². The largest absolute Gasteiger partial charge is 0.394 e. The summed E-state index contributed by atoms with van der Waals surface area (Å²) in [6.07, 6.45) is 4.81. The van der Waals surface area contributed by atoms with Crippen molar-refractivity contribution in [3.8, 4) is 0 Å². The highest BCUT2D eigenvalue weighted by Crippen LogP contribution is 2.30. The fraction of sp³-hybridized carbons (Fsp3) is 1.00. The van der Waals surface area contributed by atoms with Crippen LogP contribution in [0.2, 0.25) is 0 Å². The highest BCUT2D eigenvalue weighted by molar-refractivity contribution is 4.95. The van der Waals surface area contributed by atoms with Crippen molar-refractivity contribution in [1.82, 2.24) is 5.32 Å². The number of hydrogen-bond donors (Lipinski definition) is 3. The van der Waals surface area contributed by atoms with E-state index in [4.69, 9.17) is 9.47 Å². The van der Waals surface area contributed by atoms with Crippen LogP contribution in [-0.2, 0) is 9.47 Å². The molecular formula is C14H29NO4. The van der Waals surface area contributed by atoms with Gasteiger partial charge in [0.1, 0.15) is 0 Å². The second-order valence-electron chi connectivity index (χ2n) is 5.37. The van der Waals surface area contributed by atoms with Crippen molar-refractivity contribution in [2.24, 2.45) is 0 Å². The molecule has 0 aromatic carbocycles. The Morgan fingerprint density at radius 2 is 1.95 bits per heavy atom. The van der Waals surface area contributed by atoms with E-state index in [1.807, 2.05) is 0 Å². The normalized spacial score (nSPS) is 19.1. The second-order valence-corrected chi connectivity index (χ2v) is 5.37. The van der Waals surface area contributed by atoms with E-state index in [0.717, 1.165) is 38.7 Å². The van der Waals surface area contributed by atoms with Gasteiger partial charge in [0.15, 0.2) is 0 Å². The Morgan fingerprint density at radius 3 is 2.53 bits per heavy atom. The topological polar surface area (TPSA) is 71.0 Å². The molecule has 1 aliphatic rings. The SMILES string of the molecule is CCCCOCCOCC(O)CNC1(CO)CCC1. The van der Waals surface area contributed by atoms with Gasteiger partial charge in [-0.1, -0.05) is 13.3 Å². The summed E-state index contributed by atoms with van der Waals surface area (Å²) < 4.78 is 10.7. The fourth-order valence-electron chi connectivity index (χ4n) is 2.07. The molecule has 0 spiro atoms. The molecule has 1 saturated carbocycles. The molecule has 0 radical (unpaired) electrons. The van der Waals surface area contributed by atoms with E-state index in [1.54, 1.807) is 0 Å². The van der Waals surface area contributed by atoms with Crippen molar-refractivity contribution in [2.45, 2.75) is 50.7 Å². The molecule has 1 unspecified atom stereocenters. The number of aliphatic hydroxyl groups excluding tert-OH is 2. The third kappa shape index (κ3) is 6.68. The first-order valence-electron chi connectivity index (χ1n) is 7.42. The average molecular weight is 275 g/mol. The molecule has 1 rings (SSSR count). The summed E-state index contributed by atoms with van der Waals surface area (Å²) in [4.78, 5) is 0. The Kier molecular flexibility index (Phi) is 8.57. The van der Waals surface area contributed by atoms with Crippen molar-refractivity contribution in [1.29, 1.82) is 0 Å². The minimum Gasteiger partial charge on any atom is -0.394 e. The van der Waals surface area contributed by atoms with E-state index in [1.165, 1.54) is 0 Å². The van der Waals surface area contributed by atoms with Gasteiger partial charge in [0.05, 0.1) is 32.5 Å². The van der Waals surface area contributed by atoms with Crippen molar-refractivity contribution in [3.05, 3.63) is 0 Å². The summed E-state index contributed by atoms with van der Waals surface area (Å²) in [6.45, 7) is 4.94. The van der Waals surface area contributed by atoms with Crippen molar-refractivity contribution >= 4 is 0 Å². The number of aliphatic hydroxyl groups is 2. The minimum absolute atomic E-state index is 0.145. The number of ether oxygens (including phenoxy) is 2. The van der Waals surface area contributed by atoms with Crippen LogP contribution >= 0.6 is 0 Å². The maximum absolute atomic E-state index is 9.76. The van der Waals surface area contributed by atoms with Gasteiger partial charge in [-0.05, 0) is 25.7 Å². The molecule has 0 saturated heterocycles. The summed E-state index contributed by atoms with van der Waals surface area (Å²) >= 11 is 0. The monoisotopic (exact) mass is 275 g/mol. The van der Waals surface area contributed by atoms with E-state index in [2.05, 4.69) is 12.2 Å². The maximum Gasteiger partial charge on any atom is 0.0897 e. The van der Waals surface area contributed by atoms with E-state index in [-0.39, 0.29) is 12.1 Å². The second kappa shape index (κ2) is 9.66. The van der Waals surface area contributed by atoms with Gasteiger partial charge in [0.2, 0.25) is 0 Å². The Balaban J connectivity index is 1.92. The van der Waals surface area contributed by atoms with Gasteiger partial charge in [-0.25, -0.2) is 0 Å². The van der Waals surface area contributed by atoms with Crippen LogP contribution in [0, 0.1) is 0 Å². The first-order chi connectivity index (χ1) is 9.22. The van der Waals surface area contributed by atoms with Crippen LogP contribution in [0.4, 0.5) is 0 Å². The van der Waals surface area contributed by atoms with Gasteiger partial charge in [0.25, 0.3) is 0 Å². The molecule has 5 heteroatoms. The van der Waals surface area contributed by atoms with Gasteiger partial charge in [-0.2, -0.15) is 0 Å². The standard InChI is InChI=1S/C14H29NO4/c1-2-3-7-18-8-9-19-11-13(17)10-15-14(12-16)5-4-6-14/h13,15-17H,2-12H2,1H3. The van der Waals surface area contributed by atoms with Gasteiger partial charge < -0.3 is 25.0 Å². The predicted molar refractivity (Wildman–Crippen MR) is 74.2 cm³/mol. The summed E-state index contributed by atoms with van der Waals surface area (Å²) in [5.41, 5.74) is -0.149. The van der Waals surface area contributed by atoms with Crippen LogP contribution < -0.4 is 5.32 Å². The Morgan fingerprint density at radius 1 is 1.21 bits per heavy atom. The van der Waals surface area contributed by atoms with Crippen molar-refractivity contribution in [3.63, 3.8) is 0 Å². The van der Waals surface area contributed by atoms with Gasteiger partial charge in [0, 0.05) is 18.7 Å². The molecule has 0 aromatic heterocycles. The number of rotatable bonds is 12. The third-order valence-corrected chi connectivity index (χ3v) is 3.65. The molecule has 1 fully saturated rings. The third-order valence-electron chi connectivity index (χ3n) is 3.65. The summed E-state index contributed by atoms with van der Waals surface area (Å²) in [7, 11) is 0. The molecule has 114 valence electrons. The molecule has 1 aliphatic carbocycles. The molecule has 0 aliphatic heterocycles. The first kappa shape index (κ1) is 16.9. The van der Waals surface area contributed by atoms with Gasteiger partial charge >= 0.3 is 0 Å². The van der Waals surface area contributed by atoms with Gasteiger partial charge in [-0.3, -0.25) is 0 Å². The van der Waals surface area contributed by atoms with Crippen molar-refractivity contribution in [2.75, 3.05) is 39.6 Å². The van der Waals surface area contributed by atoms with Crippen molar-refractivity contribution < 1.29 is 19.7 Å². The first-order valence-corrected chi connectivity index (χ1v) is 7.42. The number of nitrogens with one attached hydrogen (secondary N) is 1. The lowest BCUT2D eigenvalue weighted by molar-refractivity contribution is -0.00407. The summed E-state index contributed by atoms with van der Waals surface area (Å²) in [5, 5.41) is 22.3. The average Bonchev–Trinajstić information content (AvgIpc) is 2.37. The molecule has 0 aromatic rings. The lowest BCUT2D eigenvalue weighted by Crippen LogP contribution is -2.56. The number of hydrogen-bond acceptors (Lipinski definition) is 5. The maximum atomic E-state index is 9.76. The van der Waals surface area contributed by atoms with E-state index < -0.39 is 6.10 Å².